The van der Waals surface area contributed by atoms with Gasteiger partial charge in [-0.1, -0.05) is 24.5 Å². The molecule has 2 fully saturated rings. The molecule has 2 aromatic heterocycles. The van der Waals surface area contributed by atoms with Gasteiger partial charge in [0.1, 0.15) is 6.04 Å². The summed E-state index contributed by atoms with van der Waals surface area (Å²) in [6.07, 6.45) is 4.37. The number of H-pyrrole nitrogens is 1. The van der Waals surface area contributed by atoms with E-state index < -0.39 is 6.04 Å². The SMILES string of the molecule is Cc1ccc2[nH]c(=O)c(C(c3nnnn3C3CCCC3)N3CCN(c4ccc([N+](=O)[O-])cc4)CC3)cc2c1. The van der Waals surface area contributed by atoms with Crippen LogP contribution >= 0.6 is 0 Å². The van der Waals surface area contributed by atoms with Crippen LogP contribution in [0.5, 0.6) is 0 Å². The Bertz CT molecular complexity index is 1520. The summed E-state index contributed by atoms with van der Waals surface area (Å²) in [6.45, 7) is 4.84. The van der Waals surface area contributed by atoms with Gasteiger partial charge in [0.25, 0.3) is 11.2 Å². The Balaban J connectivity index is 1.35. The molecule has 0 radical (unpaired) electrons. The van der Waals surface area contributed by atoms with E-state index in [1.165, 1.54) is 12.1 Å². The number of anilines is 1. The summed E-state index contributed by atoms with van der Waals surface area (Å²) in [7, 11) is 0. The molecule has 1 aliphatic carbocycles. The first-order valence-corrected chi connectivity index (χ1v) is 13.1. The van der Waals surface area contributed by atoms with Gasteiger partial charge in [-0.05, 0) is 65.9 Å². The molecule has 0 spiro atoms. The maximum absolute atomic E-state index is 13.5. The van der Waals surface area contributed by atoms with Crippen molar-refractivity contribution in [1.29, 1.82) is 0 Å². The van der Waals surface area contributed by atoms with Gasteiger partial charge >= 0.3 is 0 Å². The molecule has 1 unspecified atom stereocenters. The number of hydrogen-bond acceptors (Lipinski definition) is 8. The van der Waals surface area contributed by atoms with Crippen LogP contribution in [0.4, 0.5) is 11.4 Å². The molecule has 196 valence electrons. The minimum Gasteiger partial charge on any atom is -0.369 e. The van der Waals surface area contributed by atoms with Crippen LogP contribution < -0.4 is 10.5 Å². The number of nitro benzene ring substituents is 1. The minimum absolute atomic E-state index is 0.0805. The zero-order valence-electron chi connectivity index (χ0n) is 21.3. The molecule has 11 nitrogen and oxygen atoms in total. The highest BCUT2D eigenvalue weighted by Gasteiger charge is 2.34. The Hall–Kier alpha value is -4.12. The number of pyridine rings is 1. The topological polar surface area (TPSA) is 126 Å². The normalized spacial score (nSPS) is 17.8. The number of aryl methyl sites for hydroxylation is 1. The van der Waals surface area contributed by atoms with E-state index in [2.05, 4.69) is 36.4 Å². The van der Waals surface area contributed by atoms with Crippen LogP contribution in [0, 0.1) is 17.0 Å². The third-order valence-electron chi connectivity index (χ3n) is 7.86. The number of aromatic amines is 1. The second kappa shape index (κ2) is 9.97. The Kier molecular flexibility index (Phi) is 6.36. The lowest BCUT2D eigenvalue weighted by molar-refractivity contribution is -0.384. The standard InChI is InChI=1S/C27H30N8O3/c1-18-6-11-24-19(16-18)17-23(27(36)28-24)25(26-29-30-31-34(26)21-4-2-3-5-21)33-14-12-32(13-15-33)20-7-9-22(10-8-20)35(37)38/h6-11,16-17,21,25H,2-5,12-15H2,1H3,(H,28,36). The number of aromatic nitrogens is 5. The fourth-order valence-electron chi connectivity index (χ4n) is 5.86. The van der Waals surface area contributed by atoms with E-state index in [0.29, 0.717) is 37.6 Å². The lowest BCUT2D eigenvalue weighted by atomic mass is 10.0. The monoisotopic (exact) mass is 514 g/mol. The molecule has 38 heavy (non-hydrogen) atoms. The number of nitrogens with one attached hydrogen (secondary N) is 1. The molecule has 1 N–H and O–H groups in total. The third-order valence-corrected chi connectivity index (χ3v) is 7.86. The lowest BCUT2D eigenvalue weighted by Gasteiger charge is -2.39. The Morgan fingerprint density at radius 3 is 2.47 bits per heavy atom. The van der Waals surface area contributed by atoms with E-state index in [9.17, 15) is 14.9 Å². The van der Waals surface area contributed by atoms with Gasteiger partial charge in [0, 0.05) is 55.1 Å². The smallest absolute Gasteiger partial charge is 0.269 e. The van der Waals surface area contributed by atoms with Crippen molar-refractivity contribution in [3.63, 3.8) is 0 Å². The summed E-state index contributed by atoms with van der Waals surface area (Å²) in [5.41, 5.74) is 3.46. The van der Waals surface area contributed by atoms with Gasteiger partial charge in [0.15, 0.2) is 5.82 Å². The summed E-state index contributed by atoms with van der Waals surface area (Å²) < 4.78 is 1.94. The predicted molar refractivity (Wildman–Crippen MR) is 143 cm³/mol. The first-order chi connectivity index (χ1) is 18.5. The zero-order valence-corrected chi connectivity index (χ0v) is 21.3. The van der Waals surface area contributed by atoms with Gasteiger partial charge in [-0.3, -0.25) is 19.8 Å². The maximum atomic E-state index is 13.5. The highest BCUT2D eigenvalue weighted by Crippen LogP contribution is 2.34. The highest BCUT2D eigenvalue weighted by atomic mass is 16.6. The molecule has 11 heteroatoms. The van der Waals surface area contributed by atoms with Crippen molar-refractivity contribution in [2.45, 2.75) is 44.7 Å². The number of nitro groups is 1. The summed E-state index contributed by atoms with van der Waals surface area (Å²) in [4.78, 5) is 31.7. The Labute approximate surface area is 219 Å². The third kappa shape index (κ3) is 4.53. The van der Waals surface area contributed by atoms with E-state index in [1.807, 2.05) is 29.8 Å². The van der Waals surface area contributed by atoms with Crippen LogP contribution in [0.15, 0.2) is 53.3 Å². The summed E-state index contributed by atoms with van der Waals surface area (Å²) in [5.74, 6) is 0.707. The van der Waals surface area contributed by atoms with E-state index in [0.717, 1.165) is 47.8 Å². The van der Waals surface area contributed by atoms with Crippen LogP contribution in [0.25, 0.3) is 10.9 Å². The fraction of sp³-hybridized carbons (Fsp3) is 0.407. The Morgan fingerprint density at radius 1 is 1.03 bits per heavy atom. The fourth-order valence-corrected chi connectivity index (χ4v) is 5.86. The van der Waals surface area contributed by atoms with Crippen LogP contribution in [0.1, 0.15) is 54.7 Å². The molecule has 3 heterocycles. The van der Waals surface area contributed by atoms with Crippen molar-refractivity contribution in [2.75, 3.05) is 31.1 Å². The Morgan fingerprint density at radius 2 is 1.76 bits per heavy atom. The largest absolute Gasteiger partial charge is 0.369 e. The van der Waals surface area contributed by atoms with Crippen molar-refractivity contribution in [2.24, 2.45) is 0 Å². The average molecular weight is 515 g/mol. The van der Waals surface area contributed by atoms with Gasteiger partial charge in [-0.15, -0.1) is 5.10 Å². The molecular formula is C27H30N8O3. The number of nitrogens with zero attached hydrogens (tertiary/aromatic N) is 7. The second-order valence-electron chi connectivity index (χ2n) is 10.3. The van der Waals surface area contributed by atoms with Gasteiger partial charge in [-0.25, -0.2) is 4.68 Å². The van der Waals surface area contributed by atoms with E-state index in [-0.39, 0.29) is 22.2 Å². The lowest BCUT2D eigenvalue weighted by Crippen LogP contribution is -2.49. The zero-order chi connectivity index (χ0) is 26.2. The van der Waals surface area contributed by atoms with Gasteiger partial charge in [0.05, 0.1) is 11.0 Å². The molecular weight excluding hydrogens is 484 g/mol. The van der Waals surface area contributed by atoms with Gasteiger partial charge in [-0.2, -0.15) is 0 Å². The number of rotatable bonds is 6. The highest BCUT2D eigenvalue weighted by molar-refractivity contribution is 5.79. The minimum atomic E-state index is -0.390. The maximum Gasteiger partial charge on any atom is 0.269 e. The quantitative estimate of drug-likeness (QED) is 0.304. The molecule has 2 aromatic carbocycles. The van der Waals surface area contributed by atoms with Crippen LogP contribution in [0.3, 0.4) is 0 Å². The molecule has 4 aromatic rings. The number of piperazine rings is 1. The number of fused-ring (bicyclic) bond motifs is 1. The first kappa shape index (κ1) is 24.2. The molecule has 1 aliphatic heterocycles. The summed E-state index contributed by atoms with van der Waals surface area (Å²) in [5, 5.41) is 24.9. The van der Waals surface area contributed by atoms with Crippen molar-refractivity contribution in [3.05, 3.63) is 86.0 Å². The van der Waals surface area contributed by atoms with E-state index >= 15 is 0 Å². The van der Waals surface area contributed by atoms with Gasteiger partial charge in [0.2, 0.25) is 0 Å². The van der Waals surface area contributed by atoms with Crippen LogP contribution in [0.2, 0.25) is 0 Å². The number of non-ortho nitro benzene ring substituents is 1. The van der Waals surface area contributed by atoms with Crippen molar-refractivity contribution >= 4 is 22.3 Å². The molecule has 1 saturated carbocycles. The first-order valence-electron chi connectivity index (χ1n) is 13.1. The second-order valence-corrected chi connectivity index (χ2v) is 10.3. The molecule has 2 aliphatic rings. The van der Waals surface area contributed by atoms with Crippen molar-refractivity contribution < 1.29 is 4.92 Å². The van der Waals surface area contributed by atoms with E-state index in [4.69, 9.17) is 0 Å². The van der Waals surface area contributed by atoms with Crippen molar-refractivity contribution in [3.8, 4) is 0 Å². The molecule has 0 bridgehead atoms. The van der Waals surface area contributed by atoms with Crippen LogP contribution in [-0.4, -0.2) is 61.2 Å². The number of hydrogen-bond donors (Lipinski definition) is 1. The average Bonchev–Trinajstić information content (AvgIpc) is 3.62. The molecule has 0 amide bonds. The molecule has 1 saturated heterocycles. The van der Waals surface area contributed by atoms with Gasteiger partial charge < -0.3 is 9.88 Å². The van der Waals surface area contributed by atoms with E-state index in [1.54, 1.807) is 12.1 Å². The summed E-state index contributed by atoms with van der Waals surface area (Å²) >= 11 is 0. The summed E-state index contributed by atoms with van der Waals surface area (Å²) in [6, 6.07) is 14.5. The van der Waals surface area contributed by atoms with Crippen LogP contribution in [-0.2, 0) is 0 Å². The van der Waals surface area contributed by atoms with Crippen molar-refractivity contribution in [1.82, 2.24) is 30.1 Å². The number of tetrazole rings is 1. The molecule has 1 atom stereocenters. The molecule has 6 rings (SSSR count). The number of benzene rings is 2. The predicted octanol–water partition coefficient (Wildman–Crippen LogP) is 3.76.